The first kappa shape index (κ1) is 24.5. The average Bonchev–Trinajstić information content (AvgIpc) is 3.52. The fourth-order valence-corrected chi connectivity index (χ4v) is 6.74. The van der Waals surface area contributed by atoms with Gasteiger partial charge in [-0.1, -0.05) is 51.5 Å². The molecule has 6 rings (SSSR count). The van der Waals surface area contributed by atoms with Gasteiger partial charge < -0.3 is 9.51 Å². The molecule has 1 atom stereocenters. The largest absolute Gasteiger partial charge is 0.505 e. The summed E-state index contributed by atoms with van der Waals surface area (Å²) in [6.45, 7) is 7.76. The molecule has 190 valence electrons. The first-order valence-corrected chi connectivity index (χ1v) is 13.7. The summed E-state index contributed by atoms with van der Waals surface area (Å²) in [5.41, 5.74) is 6.09. The van der Waals surface area contributed by atoms with Crippen LogP contribution in [0.2, 0.25) is 0 Å². The van der Waals surface area contributed by atoms with Crippen LogP contribution in [0.1, 0.15) is 39.7 Å². The van der Waals surface area contributed by atoms with Crippen LogP contribution >= 0.6 is 27.3 Å². The molecule has 1 saturated heterocycles. The number of anilines is 1. The Bertz CT molecular complexity index is 1850. The quantitative estimate of drug-likeness (QED) is 0.147. The molecule has 0 bridgehead atoms. The highest BCUT2D eigenvalue weighted by Crippen LogP contribution is 2.45. The molecule has 0 radical (unpaired) electrons. The van der Waals surface area contributed by atoms with Crippen molar-refractivity contribution >= 4 is 65.7 Å². The van der Waals surface area contributed by atoms with Crippen molar-refractivity contribution in [3.05, 3.63) is 98.4 Å². The molecule has 4 heterocycles. The number of fused-ring (bicyclic) bond motifs is 2. The summed E-state index contributed by atoms with van der Waals surface area (Å²) in [5.74, 6) is -1.81. The first-order chi connectivity index (χ1) is 18.2. The van der Waals surface area contributed by atoms with E-state index in [0.717, 1.165) is 31.4 Å². The van der Waals surface area contributed by atoms with Crippen molar-refractivity contribution < 1.29 is 14.7 Å². The highest BCUT2D eigenvalue weighted by molar-refractivity contribution is 9.10. The zero-order chi connectivity index (χ0) is 26.9. The molecule has 7 nitrogen and oxygen atoms in total. The van der Waals surface area contributed by atoms with Crippen LogP contribution < -0.4 is 4.90 Å². The third-order valence-electron chi connectivity index (χ3n) is 6.94. The maximum Gasteiger partial charge on any atom is 0.301 e. The van der Waals surface area contributed by atoms with Crippen molar-refractivity contribution in [2.45, 2.75) is 33.7 Å². The maximum absolute atomic E-state index is 13.6. The third kappa shape index (κ3) is 3.68. The monoisotopic (exact) mass is 586 g/mol. The predicted octanol–water partition coefficient (Wildman–Crippen LogP) is 6.57. The van der Waals surface area contributed by atoms with E-state index in [2.05, 4.69) is 20.9 Å². The Labute approximate surface area is 231 Å². The number of aromatic nitrogens is 3. The fourth-order valence-electron chi connectivity index (χ4n) is 5.16. The smallest absolute Gasteiger partial charge is 0.301 e. The van der Waals surface area contributed by atoms with Gasteiger partial charge in [0.25, 0.3) is 5.78 Å². The maximum atomic E-state index is 13.6. The Balaban J connectivity index is 1.61. The summed E-state index contributed by atoms with van der Waals surface area (Å²) in [4.78, 5) is 38.1. The molecule has 9 heteroatoms. The van der Waals surface area contributed by atoms with E-state index in [-0.39, 0.29) is 17.0 Å². The number of ketones is 1. The van der Waals surface area contributed by atoms with Gasteiger partial charge >= 0.3 is 5.91 Å². The summed E-state index contributed by atoms with van der Waals surface area (Å²) < 4.78 is 3.59. The van der Waals surface area contributed by atoms with Gasteiger partial charge in [0.15, 0.2) is 10.9 Å². The van der Waals surface area contributed by atoms with Gasteiger partial charge in [0.05, 0.1) is 27.5 Å². The summed E-state index contributed by atoms with van der Waals surface area (Å²) in [6, 6.07) is 14.4. The minimum absolute atomic E-state index is 0.00980. The molecule has 3 aromatic heterocycles. The number of hydrogen-bond acceptors (Lipinski definition) is 6. The van der Waals surface area contributed by atoms with E-state index in [1.807, 2.05) is 86.8 Å². The average molecular weight is 587 g/mol. The fraction of sp³-hybridized carbons (Fsp3) is 0.172. The molecule has 0 saturated carbocycles. The van der Waals surface area contributed by atoms with Crippen molar-refractivity contribution in [3.63, 3.8) is 0 Å². The van der Waals surface area contributed by atoms with Gasteiger partial charge in [0, 0.05) is 10.7 Å². The van der Waals surface area contributed by atoms with Gasteiger partial charge in [-0.25, -0.2) is 9.97 Å². The summed E-state index contributed by atoms with van der Waals surface area (Å²) in [7, 11) is 0. The number of aliphatic hydroxyl groups is 1. The molecular formula is C29H23BrN4O3S. The normalized spacial score (nSPS) is 17.3. The van der Waals surface area contributed by atoms with Crippen LogP contribution in [-0.2, 0) is 9.59 Å². The summed E-state index contributed by atoms with van der Waals surface area (Å²) in [5, 5.41) is 12.0. The van der Waals surface area contributed by atoms with Crippen LogP contribution in [-0.4, -0.2) is 31.2 Å². The van der Waals surface area contributed by atoms with Crippen molar-refractivity contribution in [1.82, 2.24) is 14.4 Å². The zero-order valence-electron chi connectivity index (χ0n) is 21.1. The predicted molar refractivity (Wildman–Crippen MR) is 153 cm³/mol. The van der Waals surface area contributed by atoms with Crippen LogP contribution in [0.15, 0.2) is 64.8 Å². The van der Waals surface area contributed by atoms with Gasteiger partial charge in [0.1, 0.15) is 11.3 Å². The number of aryl methyl sites for hydroxylation is 4. The Morgan fingerprint density at radius 1 is 1.00 bits per heavy atom. The lowest BCUT2D eigenvalue weighted by atomic mass is 9.96. The van der Waals surface area contributed by atoms with Crippen LogP contribution in [0.25, 0.3) is 21.6 Å². The first-order valence-electron chi connectivity index (χ1n) is 12.0. The van der Waals surface area contributed by atoms with Gasteiger partial charge in [-0.2, -0.15) is 0 Å². The minimum atomic E-state index is -0.875. The Morgan fingerprint density at radius 3 is 2.53 bits per heavy atom. The number of Topliss-reactive ketones (excluding diaryl/α,β-unsaturated/α-hetero) is 1. The van der Waals surface area contributed by atoms with Gasteiger partial charge in [-0.05, 0) is 74.2 Å². The number of halogens is 1. The molecule has 1 amide bonds. The number of hydrogen-bond donors (Lipinski definition) is 1. The number of thiazole rings is 1. The third-order valence-corrected chi connectivity index (χ3v) is 8.44. The molecule has 0 spiro atoms. The number of carbonyl (C=O) groups excluding carboxylic acids is 2. The molecule has 1 N–H and O–H groups in total. The molecule has 1 fully saturated rings. The van der Waals surface area contributed by atoms with Crippen molar-refractivity contribution in [1.29, 1.82) is 0 Å². The van der Waals surface area contributed by atoms with Gasteiger partial charge in [-0.3, -0.25) is 14.5 Å². The van der Waals surface area contributed by atoms with E-state index in [4.69, 9.17) is 4.98 Å². The van der Waals surface area contributed by atoms with Gasteiger partial charge in [-0.15, -0.1) is 0 Å². The Kier molecular flexibility index (Phi) is 5.73. The van der Waals surface area contributed by atoms with E-state index < -0.39 is 17.7 Å². The molecule has 5 aromatic rings. The molecular weight excluding hydrogens is 564 g/mol. The van der Waals surface area contributed by atoms with E-state index in [9.17, 15) is 14.7 Å². The highest BCUT2D eigenvalue weighted by atomic mass is 79.9. The van der Waals surface area contributed by atoms with Crippen LogP contribution in [0.5, 0.6) is 0 Å². The number of imidazole rings is 1. The number of rotatable bonds is 3. The number of carbonyl (C=O) groups is 2. The zero-order valence-corrected chi connectivity index (χ0v) is 23.5. The lowest BCUT2D eigenvalue weighted by molar-refractivity contribution is -0.132. The number of nitrogens with zero attached hydrogens (tertiary/aromatic N) is 4. The van der Waals surface area contributed by atoms with Crippen molar-refractivity contribution in [2.24, 2.45) is 0 Å². The molecule has 0 aliphatic carbocycles. The standard InChI is InChI=1S/C29H23BrN4O3S/c1-14-11-16(3)22-20(12-14)38-29(32-22)34-24(18-8-5-9-19(30)13-18)21(26(36)28(34)37)25(35)23-17(4)33-10-6-7-15(2)27(33)31-23/h5-13,24,35H,1-4H3. The number of pyridine rings is 1. The van der Waals surface area contributed by atoms with Crippen LogP contribution in [0.4, 0.5) is 5.13 Å². The summed E-state index contributed by atoms with van der Waals surface area (Å²) >= 11 is 4.87. The SMILES string of the molecule is Cc1cc(C)c2nc(N3C(=O)C(=O)C(=C(O)c4nc5c(C)cccn5c4C)C3c3cccc(Br)c3)sc2c1. The van der Waals surface area contributed by atoms with E-state index in [1.165, 1.54) is 16.2 Å². The van der Waals surface area contributed by atoms with E-state index in [1.54, 1.807) is 0 Å². The molecule has 38 heavy (non-hydrogen) atoms. The molecule has 1 aliphatic heterocycles. The second-order valence-corrected chi connectivity index (χ2v) is 11.5. The molecule has 1 aliphatic rings. The number of amides is 1. The van der Waals surface area contributed by atoms with Crippen molar-refractivity contribution in [3.8, 4) is 0 Å². The highest BCUT2D eigenvalue weighted by Gasteiger charge is 2.48. The second-order valence-electron chi connectivity index (χ2n) is 9.58. The van der Waals surface area contributed by atoms with E-state index in [0.29, 0.717) is 22.0 Å². The molecule has 1 unspecified atom stereocenters. The van der Waals surface area contributed by atoms with Crippen LogP contribution in [0, 0.1) is 27.7 Å². The second kappa shape index (κ2) is 8.89. The number of benzene rings is 2. The summed E-state index contributed by atoms with van der Waals surface area (Å²) in [6.07, 6.45) is 1.86. The Hall–Kier alpha value is -3.82. The van der Waals surface area contributed by atoms with Crippen molar-refractivity contribution in [2.75, 3.05) is 4.90 Å². The molecule has 2 aromatic carbocycles. The lowest BCUT2D eigenvalue weighted by Crippen LogP contribution is -2.29. The topological polar surface area (TPSA) is 87.8 Å². The van der Waals surface area contributed by atoms with E-state index >= 15 is 0 Å². The Morgan fingerprint density at radius 2 is 1.79 bits per heavy atom. The van der Waals surface area contributed by atoms with Crippen LogP contribution in [0.3, 0.4) is 0 Å². The lowest BCUT2D eigenvalue weighted by Gasteiger charge is -2.23. The van der Waals surface area contributed by atoms with Gasteiger partial charge in [0.2, 0.25) is 0 Å². The minimum Gasteiger partial charge on any atom is -0.505 e. The number of aliphatic hydroxyl groups excluding tert-OH is 1.